The van der Waals surface area contributed by atoms with Gasteiger partial charge in [-0.05, 0) is 6.92 Å². The van der Waals surface area contributed by atoms with Gasteiger partial charge in [0.1, 0.15) is 6.10 Å². The molecule has 2 unspecified atom stereocenters. The first-order valence-corrected chi connectivity index (χ1v) is 4.43. The van der Waals surface area contributed by atoms with Crippen LogP contribution in [0.25, 0.3) is 0 Å². The summed E-state index contributed by atoms with van der Waals surface area (Å²) in [6.07, 6.45) is 4.28. The number of rotatable bonds is 2. The second-order valence-corrected chi connectivity index (χ2v) is 3.53. The molecule has 52 valence electrons. The fourth-order valence-electron chi connectivity index (χ4n) is 0.324. The molecular weight excluding hydrogens is 139 g/mol. The Balaban J connectivity index is 3.78. The molecule has 0 aliphatic rings. The van der Waals surface area contributed by atoms with Crippen molar-refractivity contribution in [3.05, 3.63) is 0 Å². The summed E-state index contributed by atoms with van der Waals surface area (Å²) in [5, 5.41) is 0. The minimum Gasteiger partial charge on any atom is -0.324 e. The first-order valence-electron chi connectivity index (χ1n) is 2.40. The maximum absolute atomic E-state index is 10.4. The Morgan fingerprint density at radius 1 is 1.89 bits per heavy atom. The summed E-state index contributed by atoms with van der Waals surface area (Å²) in [4.78, 5) is 8.56. The third kappa shape index (κ3) is 5.58. The molecule has 0 aromatic carbocycles. The van der Waals surface area contributed by atoms with E-state index in [0.29, 0.717) is 0 Å². The molecule has 3 nitrogen and oxygen atoms in total. The Bertz CT molecular complexity index is 164. The molecule has 1 N–H and O–H groups in total. The van der Waals surface area contributed by atoms with Crippen LogP contribution in [0.4, 0.5) is 0 Å². The van der Waals surface area contributed by atoms with Crippen molar-refractivity contribution in [1.82, 2.24) is 0 Å². The van der Waals surface area contributed by atoms with E-state index in [1.165, 1.54) is 6.92 Å². The summed E-state index contributed by atoms with van der Waals surface area (Å²) >= 11 is 0. The van der Waals surface area contributed by atoms with Gasteiger partial charge in [0.25, 0.3) is 0 Å². The molecule has 0 aromatic heterocycles. The zero-order valence-electron chi connectivity index (χ0n) is 5.37. The second kappa shape index (κ2) is 3.03. The van der Waals surface area contributed by atoms with E-state index in [2.05, 4.69) is 10.4 Å². The van der Waals surface area contributed by atoms with Gasteiger partial charge in [0.15, 0.2) is 0 Å². The van der Waals surface area contributed by atoms with E-state index in [1.54, 1.807) is 0 Å². The third-order valence-electron chi connectivity index (χ3n) is 0.588. The largest absolute Gasteiger partial charge is 0.326 e. The molecule has 9 heavy (non-hydrogen) atoms. The van der Waals surface area contributed by atoms with Crippen LogP contribution >= 0.6 is 7.60 Å². The summed E-state index contributed by atoms with van der Waals surface area (Å²) in [5.41, 5.74) is 0. The van der Waals surface area contributed by atoms with Gasteiger partial charge in [0.05, 0.1) is 0 Å². The van der Waals surface area contributed by atoms with Crippen LogP contribution in [-0.2, 0) is 9.09 Å². The molecule has 0 aliphatic heterocycles. The lowest BCUT2D eigenvalue weighted by Crippen LogP contribution is -2.01. The predicted molar refractivity (Wildman–Crippen MR) is 35.1 cm³/mol. The molecule has 0 aromatic rings. The van der Waals surface area contributed by atoms with Crippen molar-refractivity contribution in [2.24, 2.45) is 0 Å². The van der Waals surface area contributed by atoms with Crippen LogP contribution in [0.2, 0.25) is 0 Å². The van der Waals surface area contributed by atoms with Crippen LogP contribution in [0.3, 0.4) is 0 Å². The topological polar surface area (TPSA) is 46.5 Å². The smallest absolute Gasteiger partial charge is 0.324 e. The monoisotopic (exact) mass is 148 g/mol. The van der Waals surface area contributed by atoms with Crippen molar-refractivity contribution in [3.63, 3.8) is 0 Å². The lowest BCUT2D eigenvalue weighted by atomic mass is 10.4. The van der Waals surface area contributed by atoms with Gasteiger partial charge in [-0.2, -0.15) is 0 Å². The fraction of sp³-hybridized carbons (Fsp3) is 0.600. The molecule has 0 saturated carbocycles. The molecule has 0 spiro atoms. The second-order valence-electron chi connectivity index (χ2n) is 1.72. The SMILES string of the molecule is C#CC(C)OP(C)(=O)O. The summed E-state index contributed by atoms with van der Waals surface area (Å²) in [7, 11) is -3.38. The van der Waals surface area contributed by atoms with Crippen molar-refractivity contribution in [1.29, 1.82) is 0 Å². The first kappa shape index (κ1) is 8.71. The highest BCUT2D eigenvalue weighted by Crippen LogP contribution is 2.37. The average molecular weight is 148 g/mol. The van der Waals surface area contributed by atoms with Crippen LogP contribution in [0, 0.1) is 12.3 Å². The van der Waals surface area contributed by atoms with Gasteiger partial charge >= 0.3 is 7.60 Å². The van der Waals surface area contributed by atoms with E-state index in [1.807, 2.05) is 0 Å². The molecule has 0 amide bonds. The van der Waals surface area contributed by atoms with E-state index in [4.69, 9.17) is 11.3 Å². The van der Waals surface area contributed by atoms with Crippen molar-refractivity contribution in [3.8, 4) is 12.3 Å². The van der Waals surface area contributed by atoms with Crippen LogP contribution in [0.15, 0.2) is 0 Å². The molecule has 0 heterocycles. The Hall–Kier alpha value is -0.290. The number of hydrogen-bond acceptors (Lipinski definition) is 2. The molecule has 0 aliphatic carbocycles. The minimum atomic E-state index is -3.38. The quantitative estimate of drug-likeness (QED) is 0.466. The maximum Gasteiger partial charge on any atom is 0.326 e. The van der Waals surface area contributed by atoms with Crippen LogP contribution in [0.1, 0.15) is 6.92 Å². The van der Waals surface area contributed by atoms with Gasteiger partial charge in [-0.15, -0.1) is 6.42 Å². The molecule has 0 bridgehead atoms. The van der Waals surface area contributed by atoms with E-state index >= 15 is 0 Å². The highest BCUT2D eigenvalue weighted by molar-refractivity contribution is 7.51. The Kier molecular flexibility index (Phi) is 2.93. The average Bonchev–Trinajstić information content (AvgIpc) is 1.62. The van der Waals surface area contributed by atoms with Gasteiger partial charge in [-0.3, -0.25) is 9.09 Å². The molecule has 0 radical (unpaired) electrons. The Morgan fingerprint density at radius 2 is 2.33 bits per heavy atom. The first-order chi connectivity index (χ1) is 3.95. The Labute approximate surface area is 54.6 Å². The van der Waals surface area contributed by atoms with Crippen molar-refractivity contribution in [2.75, 3.05) is 6.66 Å². The zero-order valence-corrected chi connectivity index (χ0v) is 6.26. The van der Waals surface area contributed by atoms with Gasteiger partial charge in [-0.1, -0.05) is 5.92 Å². The molecule has 0 rings (SSSR count). The van der Waals surface area contributed by atoms with Gasteiger partial charge in [-0.25, -0.2) is 0 Å². The normalized spacial score (nSPS) is 19.8. The van der Waals surface area contributed by atoms with Crippen LogP contribution < -0.4 is 0 Å². The van der Waals surface area contributed by atoms with E-state index < -0.39 is 13.7 Å². The van der Waals surface area contributed by atoms with E-state index in [0.717, 1.165) is 6.66 Å². The lowest BCUT2D eigenvalue weighted by molar-refractivity contribution is 0.236. The minimum absolute atomic E-state index is 0.592. The molecule has 0 fully saturated rings. The predicted octanol–water partition coefficient (Wildman–Crippen LogP) is 0.840. The lowest BCUT2D eigenvalue weighted by Gasteiger charge is -2.07. The van der Waals surface area contributed by atoms with Gasteiger partial charge in [0, 0.05) is 6.66 Å². The summed E-state index contributed by atoms with van der Waals surface area (Å²) in [5.74, 6) is 2.17. The van der Waals surface area contributed by atoms with Crippen LogP contribution in [0.5, 0.6) is 0 Å². The molecule has 0 saturated heterocycles. The highest BCUT2D eigenvalue weighted by Gasteiger charge is 2.12. The maximum atomic E-state index is 10.4. The highest BCUT2D eigenvalue weighted by atomic mass is 31.2. The fourth-order valence-corrected chi connectivity index (χ4v) is 0.971. The number of terminal acetylenes is 1. The third-order valence-corrected chi connectivity index (χ3v) is 1.30. The van der Waals surface area contributed by atoms with Gasteiger partial charge < -0.3 is 4.89 Å². The summed E-state index contributed by atoms with van der Waals surface area (Å²) in [6.45, 7) is 2.63. The molecule has 4 heteroatoms. The van der Waals surface area contributed by atoms with Crippen molar-refractivity contribution >= 4 is 7.60 Å². The molecular formula is C5H9O3P. The number of hydrogen-bond donors (Lipinski definition) is 1. The van der Waals surface area contributed by atoms with E-state index in [9.17, 15) is 4.57 Å². The molecule has 2 atom stereocenters. The van der Waals surface area contributed by atoms with Crippen molar-refractivity contribution < 1.29 is 14.0 Å². The van der Waals surface area contributed by atoms with E-state index in [-0.39, 0.29) is 0 Å². The van der Waals surface area contributed by atoms with Gasteiger partial charge in [0.2, 0.25) is 0 Å². The zero-order chi connectivity index (χ0) is 7.49. The summed E-state index contributed by atoms with van der Waals surface area (Å²) < 4.78 is 14.9. The van der Waals surface area contributed by atoms with Crippen LogP contribution in [-0.4, -0.2) is 17.7 Å². The standard InChI is InChI=1S/C5H9O3P/c1-4-5(2)8-9(3,6)7/h1,5H,2-3H3,(H,6,7). The Morgan fingerprint density at radius 3 is 2.44 bits per heavy atom. The summed E-state index contributed by atoms with van der Waals surface area (Å²) in [6, 6.07) is 0. The van der Waals surface area contributed by atoms with Crippen molar-refractivity contribution in [2.45, 2.75) is 13.0 Å².